The van der Waals surface area contributed by atoms with Crippen LogP contribution >= 0.6 is 0 Å². The van der Waals surface area contributed by atoms with Crippen LogP contribution in [0.15, 0.2) is 0 Å². The molecule has 0 aliphatic heterocycles. The third-order valence-corrected chi connectivity index (χ3v) is 4.81. The van der Waals surface area contributed by atoms with Crippen molar-refractivity contribution >= 4 is 0 Å². The molecule has 33 heavy (non-hydrogen) atoms. The van der Waals surface area contributed by atoms with Crippen LogP contribution in [0.3, 0.4) is 0 Å². The Labute approximate surface area is 220 Å². The maximum atomic E-state index is 4.00. The van der Waals surface area contributed by atoms with Crippen LogP contribution in [-0.2, 0) is 31.6 Å². The molecule has 0 amide bonds. The van der Waals surface area contributed by atoms with E-state index in [0.717, 1.165) is 0 Å². The molecule has 0 rings (SSSR count). The van der Waals surface area contributed by atoms with E-state index in [1.54, 1.807) is 0 Å². The quantitative estimate of drug-likeness (QED) is 0.266. The van der Waals surface area contributed by atoms with Crippen molar-refractivity contribution < 1.29 is 31.6 Å². The van der Waals surface area contributed by atoms with Crippen molar-refractivity contribution in [3.05, 3.63) is 21.3 Å². The Morgan fingerprint density at radius 3 is 0.606 bits per heavy atom. The van der Waals surface area contributed by atoms with Gasteiger partial charge in [-0.25, -0.2) is 21.3 Å². The standard InChI is InChI=1S/C20H45N3.3C2H5O.Cr/c1-14(2)21(15(3)4)20(13,22(16(5)6)17(7)8)23(18(9)10)19(11)12;3*1-3-2;/h14-19H,1-13H3;3*1H2,2H3;/q;3*-1;+3. The van der Waals surface area contributed by atoms with Gasteiger partial charge in [-0.05, 0) is 111 Å². The van der Waals surface area contributed by atoms with Crippen molar-refractivity contribution in [1.29, 1.82) is 0 Å². The van der Waals surface area contributed by atoms with E-state index in [0.29, 0.717) is 36.3 Å². The fourth-order valence-electron chi connectivity index (χ4n) is 5.12. The van der Waals surface area contributed by atoms with E-state index >= 15 is 0 Å². The first kappa shape index (κ1) is 43.4. The minimum atomic E-state index is -0.118. The van der Waals surface area contributed by atoms with E-state index in [1.807, 2.05) is 0 Å². The molecule has 0 bridgehead atoms. The number of rotatable bonds is 9. The van der Waals surface area contributed by atoms with E-state index in [2.05, 4.69) is 140 Å². The Morgan fingerprint density at radius 2 is 0.545 bits per heavy atom. The molecule has 0 spiro atoms. The van der Waals surface area contributed by atoms with Crippen LogP contribution in [0.25, 0.3) is 0 Å². The zero-order chi connectivity index (χ0) is 26.8. The van der Waals surface area contributed by atoms with Crippen molar-refractivity contribution in [3.8, 4) is 0 Å². The van der Waals surface area contributed by atoms with Crippen LogP contribution in [0.1, 0.15) is 90.0 Å². The van der Waals surface area contributed by atoms with Gasteiger partial charge in [0.15, 0.2) is 0 Å². The Hall–Kier alpha value is 0.292. The molecule has 6 nitrogen and oxygen atoms in total. The zero-order valence-corrected chi connectivity index (χ0v) is 26.3. The molecule has 0 atom stereocenters. The van der Waals surface area contributed by atoms with E-state index in [1.165, 1.54) is 21.3 Å². The van der Waals surface area contributed by atoms with Gasteiger partial charge in [-0.1, -0.05) is 0 Å². The SMILES string of the molecule is CC(C)N(C(C)C)C(C)(N(C(C)C)C(C)C)N(C(C)C)C(C)C.[CH2-]OC.[CH2-]OC.[CH2-]OC.[Cr+3]. The Balaban J connectivity index is -0.000000224. The third kappa shape index (κ3) is 16.6. The molecule has 203 valence electrons. The molecule has 0 aromatic carbocycles. The van der Waals surface area contributed by atoms with Crippen molar-refractivity contribution in [2.45, 2.75) is 132 Å². The predicted octanol–water partition coefficient (Wildman–Crippen LogP) is 6.29. The van der Waals surface area contributed by atoms with E-state index in [-0.39, 0.29) is 23.1 Å². The average molecular weight is 515 g/mol. The number of methoxy groups -OCH3 is 3. The average Bonchev–Trinajstić information content (AvgIpc) is 2.53. The molecule has 0 unspecified atom stereocenters. The van der Waals surface area contributed by atoms with Crippen molar-refractivity contribution in [2.75, 3.05) is 21.3 Å². The van der Waals surface area contributed by atoms with E-state index in [9.17, 15) is 0 Å². The molecular formula is C26H60CrN3O3. The summed E-state index contributed by atoms with van der Waals surface area (Å²) in [5.41, 5.74) is 0. The molecule has 1 radical (unpaired) electrons. The number of hydrogen-bond donors (Lipinski definition) is 0. The minimum absolute atomic E-state index is 0. The Kier molecular flexibility index (Phi) is 31.6. The summed E-state index contributed by atoms with van der Waals surface area (Å²) in [5, 5.41) is 0. The number of ether oxygens (including phenoxy) is 3. The van der Waals surface area contributed by atoms with Crippen LogP contribution in [0.2, 0.25) is 0 Å². The fraction of sp³-hybridized carbons (Fsp3) is 0.885. The van der Waals surface area contributed by atoms with Crippen LogP contribution in [0, 0.1) is 21.3 Å². The second-order valence-corrected chi connectivity index (χ2v) is 9.62. The van der Waals surface area contributed by atoms with E-state index in [4.69, 9.17) is 0 Å². The van der Waals surface area contributed by atoms with Crippen molar-refractivity contribution in [1.82, 2.24) is 14.7 Å². The monoisotopic (exact) mass is 514 g/mol. The van der Waals surface area contributed by atoms with E-state index < -0.39 is 0 Å². The third-order valence-electron chi connectivity index (χ3n) is 4.81. The van der Waals surface area contributed by atoms with Gasteiger partial charge in [0.2, 0.25) is 0 Å². The second kappa shape index (κ2) is 24.0. The molecule has 0 heterocycles. The van der Waals surface area contributed by atoms with Crippen LogP contribution in [0.5, 0.6) is 0 Å². The van der Waals surface area contributed by atoms with Crippen LogP contribution in [0.4, 0.5) is 0 Å². The van der Waals surface area contributed by atoms with Gasteiger partial charge in [-0.3, -0.25) is 14.7 Å². The molecule has 0 aromatic rings. The second-order valence-electron chi connectivity index (χ2n) is 9.62. The van der Waals surface area contributed by atoms with Gasteiger partial charge in [0.1, 0.15) is 5.79 Å². The normalized spacial score (nSPS) is 11.6. The first-order valence-corrected chi connectivity index (χ1v) is 11.7. The Morgan fingerprint density at radius 1 is 0.455 bits per heavy atom. The van der Waals surface area contributed by atoms with Gasteiger partial charge in [-0.15, -0.1) is 0 Å². The molecule has 0 fully saturated rings. The zero-order valence-electron chi connectivity index (χ0n) is 25.1. The van der Waals surface area contributed by atoms with Gasteiger partial charge in [-0.2, -0.15) is 0 Å². The summed E-state index contributed by atoms with van der Waals surface area (Å²) in [6.45, 7) is 30.4. The molecular weight excluding hydrogens is 454 g/mol. The van der Waals surface area contributed by atoms with Crippen molar-refractivity contribution in [3.63, 3.8) is 0 Å². The van der Waals surface area contributed by atoms with Crippen LogP contribution < -0.4 is 0 Å². The minimum Gasteiger partial charge on any atom is -0.557 e. The summed E-state index contributed by atoms with van der Waals surface area (Å²) < 4.78 is 12.0. The van der Waals surface area contributed by atoms with Gasteiger partial charge >= 0.3 is 17.4 Å². The van der Waals surface area contributed by atoms with Gasteiger partial charge in [0, 0.05) is 36.3 Å². The van der Waals surface area contributed by atoms with Gasteiger partial charge in [0.05, 0.1) is 0 Å². The molecule has 0 aliphatic carbocycles. The summed E-state index contributed by atoms with van der Waals surface area (Å²) >= 11 is 0. The molecule has 0 aliphatic rings. The summed E-state index contributed by atoms with van der Waals surface area (Å²) in [6.07, 6.45) is 0. The van der Waals surface area contributed by atoms with Gasteiger partial charge in [0.25, 0.3) is 0 Å². The largest absolute Gasteiger partial charge is 3.00 e. The maximum absolute atomic E-state index is 4.00. The summed E-state index contributed by atoms with van der Waals surface area (Å²) in [6, 6.07) is 2.92. The first-order chi connectivity index (χ1) is 14.5. The summed E-state index contributed by atoms with van der Waals surface area (Å²) in [5.74, 6) is -0.118. The van der Waals surface area contributed by atoms with Gasteiger partial charge < -0.3 is 14.2 Å². The number of nitrogens with zero attached hydrogens (tertiary/aromatic N) is 3. The number of hydrogen-bond acceptors (Lipinski definition) is 6. The first-order valence-electron chi connectivity index (χ1n) is 11.7. The molecule has 0 N–H and O–H groups in total. The summed E-state index contributed by atoms with van der Waals surface area (Å²) in [4.78, 5) is 8.06. The molecule has 7 heteroatoms. The molecule has 0 aromatic heterocycles. The smallest absolute Gasteiger partial charge is 0.557 e. The molecule has 0 saturated carbocycles. The summed E-state index contributed by atoms with van der Waals surface area (Å²) in [7, 11) is 13.5. The topological polar surface area (TPSA) is 37.4 Å². The Bertz CT molecular complexity index is 314. The fourth-order valence-corrected chi connectivity index (χ4v) is 5.12. The maximum Gasteiger partial charge on any atom is 3.00 e. The molecule has 0 saturated heterocycles. The van der Waals surface area contributed by atoms with Crippen molar-refractivity contribution in [2.24, 2.45) is 0 Å². The predicted molar refractivity (Wildman–Crippen MR) is 142 cm³/mol. The van der Waals surface area contributed by atoms with Crippen LogP contribution in [-0.4, -0.2) is 78.1 Å².